The van der Waals surface area contributed by atoms with Crippen LogP contribution in [0.25, 0.3) is 0 Å². The van der Waals surface area contributed by atoms with Crippen molar-refractivity contribution in [1.29, 1.82) is 0 Å². The second-order valence-corrected chi connectivity index (χ2v) is 4.80. The predicted molar refractivity (Wildman–Crippen MR) is 27.9 cm³/mol. The van der Waals surface area contributed by atoms with E-state index in [0.717, 1.165) is 0 Å². The minimum atomic E-state index is 1.44. The molecular weight excluding hydrogens is 273 g/mol. The topological polar surface area (TPSA) is 26.0 Å². The van der Waals surface area contributed by atoms with Crippen LogP contribution in [-0.4, -0.2) is 0 Å². The second kappa shape index (κ2) is 17.2. The van der Waals surface area contributed by atoms with Crippen molar-refractivity contribution in [3.05, 3.63) is 0 Å². The Morgan fingerprint density at radius 1 is 1.40 bits per heavy atom. The molecule has 0 aliphatic heterocycles. The molecule has 0 saturated carbocycles. The Morgan fingerprint density at radius 2 is 1.40 bits per heavy atom. The molecule has 0 saturated heterocycles. The second-order valence-electron chi connectivity index (χ2n) is 0.0431. The summed E-state index contributed by atoms with van der Waals surface area (Å²) >= 11 is 11.5. The number of nitrogens with two attached hydrogens (primary N) is 1. The van der Waals surface area contributed by atoms with E-state index in [1.54, 1.807) is 0 Å². The van der Waals surface area contributed by atoms with Crippen LogP contribution in [0.4, 0.5) is 0 Å². The molecule has 0 aromatic rings. The third-order valence-corrected chi connectivity index (χ3v) is 0. The molecule has 5 heavy (non-hydrogen) atoms. The van der Waals surface area contributed by atoms with E-state index in [2.05, 4.69) is 45.2 Å². The molecule has 0 aliphatic rings. The van der Waals surface area contributed by atoms with Gasteiger partial charge in [0.25, 0.3) is 0 Å². The summed E-state index contributed by atoms with van der Waals surface area (Å²) in [5, 5.41) is 3.97. The predicted octanol–water partition coefficient (Wildman–Crippen LogP) is 1.79. The molecule has 0 amide bonds. The standard InChI is InChI=1S/2BrH.ClH2N.Cu/c;;1-2;/h2*1H;2H2;/q;;;+2/p-2. The van der Waals surface area contributed by atoms with E-state index in [1.807, 2.05) is 0 Å². The molecule has 0 radical (unpaired) electrons. The number of rotatable bonds is 0. The Morgan fingerprint density at radius 3 is 1.40 bits per heavy atom. The van der Waals surface area contributed by atoms with Gasteiger partial charge in [-0.25, -0.2) is 5.25 Å². The zero-order valence-corrected chi connectivity index (χ0v) is 6.88. The fraction of sp³-hybridized carbons (Fsp3) is 0. The van der Waals surface area contributed by atoms with Crippen LogP contribution in [-0.2, 0) is 11.3 Å². The van der Waals surface area contributed by atoms with E-state index in [1.165, 1.54) is 11.3 Å². The molecule has 0 bridgehead atoms. The summed E-state index contributed by atoms with van der Waals surface area (Å²) in [6.45, 7) is 0. The SMILES string of the molecule is NCl.[Br][Cu][Br]. The van der Waals surface area contributed by atoms with Crippen LogP contribution < -0.4 is 5.25 Å². The van der Waals surface area contributed by atoms with E-state index in [-0.39, 0.29) is 0 Å². The maximum absolute atomic E-state index is 4.14. The quantitative estimate of drug-likeness (QED) is 0.529. The van der Waals surface area contributed by atoms with Gasteiger partial charge in [0.2, 0.25) is 0 Å². The molecule has 0 atom stereocenters. The molecule has 0 heterocycles. The van der Waals surface area contributed by atoms with Crippen LogP contribution in [0, 0.1) is 0 Å². The van der Waals surface area contributed by atoms with Gasteiger partial charge in [0.05, 0.1) is 0 Å². The Bertz CT molecular complexity index is 9.61. The molecule has 0 aromatic carbocycles. The first kappa shape index (κ1) is 9.88. The molecule has 5 heteroatoms. The van der Waals surface area contributed by atoms with Crippen LogP contribution in [0.3, 0.4) is 0 Å². The van der Waals surface area contributed by atoms with Crippen molar-refractivity contribution in [2.45, 2.75) is 0 Å². The summed E-state index contributed by atoms with van der Waals surface area (Å²) in [7, 11) is 0. The monoisotopic (exact) mass is 272 g/mol. The molecule has 0 spiro atoms. The van der Waals surface area contributed by atoms with Gasteiger partial charge in [-0.2, -0.15) is 0 Å². The van der Waals surface area contributed by atoms with E-state index in [9.17, 15) is 0 Å². The Hall–Kier alpha value is 1.73. The molecule has 2 N–H and O–H groups in total. The van der Waals surface area contributed by atoms with Crippen molar-refractivity contribution in [1.82, 2.24) is 0 Å². The Kier molecular flexibility index (Phi) is 34.0. The van der Waals surface area contributed by atoms with E-state index in [4.69, 9.17) is 0 Å². The summed E-state index contributed by atoms with van der Waals surface area (Å²) in [5.74, 6) is 0. The van der Waals surface area contributed by atoms with Crippen molar-refractivity contribution in [3.8, 4) is 0 Å². The van der Waals surface area contributed by atoms with Crippen LogP contribution in [0.15, 0.2) is 0 Å². The first-order chi connectivity index (χ1) is 2.41. The average molecular weight is 275 g/mol. The van der Waals surface area contributed by atoms with Crippen molar-refractivity contribution < 1.29 is 11.3 Å². The molecular formula is H2Br2ClCuN. The molecule has 1 nitrogen and oxygen atoms in total. The summed E-state index contributed by atoms with van der Waals surface area (Å²) in [6.07, 6.45) is 0. The van der Waals surface area contributed by atoms with Crippen molar-refractivity contribution in [2.75, 3.05) is 0 Å². The van der Waals surface area contributed by atoms with E-state index < -0.39 is 0 Å². The van der Waals surface area contributed by atoms with Gasteiger partial charge < -0.3 is 0 Å². The van der Waals surface area contributed by atoms with Gasteiger partial charge in [-0.15, -0.1) is 0 Å². The maximum atomic E-state index is 4.14. The van der Waals surface area contributed by atoms with Crippen LogP contribution in [0.1, 0.15) is 0 Å². The summed E-state index contributed by atoms with van der Waals surface area (Å²) in [5.41, 5.74) is 0. The van der Waals surface area contributed by atoms with Crippen molar-refractivity contribution >= 4 is 40.0 Å². The number of hydrogen-bond acceptors (Lipinski definition) is 1. The van der Waals surface area contributed by atoms with Gasteiger partial charge in [0, 0.05) is 0 Å². The Balaban J connectivity index is 0. The van der Waals surface area contributed by atoms with Crippen molar-refractivity contribution in [2.24, 2.45) is 5.25 Å². The number of halogens is 3. The zero-order chi connectivity index (χ0) is 4.71. The van der Waals surface area contributed by atoms with Gasteiger partial charge in [-0.3, -0.25) is 0 Å². The van der Waals surface area contributed by atoms with Crippen LogP contribution in [0.5, 0.6) is 0 Å². The molecule has 0 fully saturated rings. The minimum absolute atomic E-state index is 1.44. The fourth-order valence-electron chi connectivity index (χ4n) is 0. The third-order valence-electron chi connectivity index (χ3n) is 0. The van der Waals surface area contributed by atoms with Gasteiger partial charge in [0.15, 0.2) is 0 Å². The summed E-state index contributed by atoms with van der Waals surface area (Å²) in [4.78, 5) is 0. The van der Waals surface area contributed by atoms with Gasteiger partial charge in [0.1, 0.15) is 0 Å². The first-order valence-corrected chi connectivity index (χ1v) is 5.54. The molecule has 0 unspecified atom stereocenters. The molecule has 0 aromatic heterocycles. The van der Waals surface area contributed by atoms with Crippen LogP contribution >= 0.6 is 40.0 Å². The van der Waals surface area contributed by atoms with Gasteiger partial charge in [-0.1, -0.05) is 0 Å². The first-order valence-electron chi connectivity index (χ1n) is 0.446. The normalized spacial score (nSPS) is 5.60. The van der Waals surface area contributed by atoms with E-state index in [0.29, 0.717) is 0 Å². The molecule has 39 valence electrons. The number of hydrogen-bond donors (Lipinski definition) is 1. The molecule has 0 rings (SSSR count). The summed E-state index contributed by atoms with van der Waals surface area (Å²) < 4.78 is 0. The molecule has 0 aliphatic carbocycles. The van der Waals surface area contributed by atoms with E-state index >= 15 is 0 Å². The third kappa shape index (κ3) is 26.6. The zero-order valence-electron chi connectivity index (χ0n) is 2.01. The van der Waals surface area contributed by atoms with Crippen LogP contribution in [0.2, 0.25) is 0 Å². The summed E-state index contributed by atoms with van der Waals surface area (Å²) in [6, 6.07) is 0. The van der Waals surface area contributed by atoms with Gasteiger partial charge in [-0.05, 0) is 11.8 Å². The average Bonchev–Trinajstić information content (AvgIpc) is 1.46. The van der Waals surface area contributed by atoms with Gasteiger partial charge >= 0.3 is 39.6 Å². The Labute approximate surface area is 56.3 Å². The fourth-order valence-corrected chi connectivity index (χ4v) is 0. The van der Waals surface area contributed by atoms with Crippen molar-refractivity contribution in [3.63, 3.8) is 0 Å².